The smallest absolute Gasteiger partial charge is 0.342 e. The average molecular weight is 496 g/mol. The Balaban J connectivity index is 0.00000199. The highest BCUT2D eigenvalue weighted by molar-refractivity contribution is 5.91. The molecule has 1 aliphatic heterocycles. The largest absolute Gasteiger partial charge is 0.416 e. The van der Waals surface area contributed by atoms with Gasteiger partial charge in [-0.05, 0) is 43.4 Å². The molecule has 1 saturated carbocycles. The number of hydrogen-bond donors (Lipinski definition) is 2. The predicted molar refractivity (Wildman–Crippen MR) is 116 cm³/mol. The molecule has 0 radical (unpaired) electrons. The van der Waals surface area contributed by atoms with Crippen LogP contribution in [0.2, 0.25) is 0 Å². The van der Waals surface area contributed by atoms with E-state index in [1.54, 1.807) is 4.90 Å². The summed E-state index contributed by atoms with van der Waals surface area (Å²) in [6.45, 7) is 4.76. The number of nitrogens with two attached hydrogens (primary N) is 1. The zero-order chi connectivity index (χ0) is 25.7. The minimum absolute atomic E-state index is 0.00604. The van der Waals surface area contributed by atoms with Crippen LogP contribution in [0, 0.1) is 11.8 Å². The zero-order valence-electron chi connectivity index (χ0n) is 19.2. The molecule has 1 aliphatic carbocycles. The van der Waals surface area contributed by atoms with Crippen LogP contribution in [0.4, 0.5) is 32.0 Å². The van der Waals surface area contributed by atoms with E-state index in [0.717, 1.165) is 25.7 Å². The molecule has 1 unspecified atom stereocenters. The van der Waals surface area contributed by atoms with Crippen molar-refractivity contribution in [3.05, 3.63) is 29.3 Å². The van der Waals surface area contributed by atoms with Crippen molar-refractivity contribution >= 4 is 17.5 Å². The lowest BCUT2D eigenvalue weighted by atomic mass is 9.84. The van der Waals surface area contributed by atoms with Crippen molar-refractivity contribution in [2.24, 2.45) is 17.6 Å². The molecule has 0 spiro atoms. The van der Waals surface area contributed by atoms with Crippen molar-refractivity contribution in [2.75, 3.05) is 18.4 Å². The highest BCUT2D eigenvalue weighted by atomic mass is 19.4. The Kier molecular flexibility index (Phi) is 9.38. The summed E-state index contributed by atoms with van der Waals surface area (Å²) in [5.41, 5.74) is 2.50. The maximum Gasteiger partial charge on any atom is 0.416 e. The molecule has 3 rings (SSSR count). The SMILES string of the molecule is CC.N[C@H]1CCCC[C@@H]1C(=O)N1CCC(CC(=O)Nc2cc(C(F)(F)F)cc(C(F)(F)F)c2)C1. The summed E-state index contributed by atoms with van der Waals surface area (Å²) in [5, 5.41) is 2.15. The first-order chi connectivity index (χ1) is 15.8. The van der Waals surface area contributed by atoms with Crippen LogP contribution in [0.15, 0.2) is 18.2 Å². The Labute approximate surface area is 195 Å². The summed E-state index contributed by atoms with van der Waals surface area (Å²) >= 11 is 0. The van der Waals surface area contributed by atoms with E-state index in [0.29, 0.717) is 31.6 Å². The fraction of sp³-hybridized carbons (Fsp3) is 0.652. The van der Waals surface area contributed by atoms with Crippen LogP contribution in [-0.4, -0.2) is 35.8 Å². The van der Waals surface area contributed by atoms with E-state index < -0.39 is 35.1 Å². The third-order valence-electron chi connectivity index (χ3n) is 6.08. The number of halogens is 6. The van der Waals surface area contributed by atoms with Gasteiger partial charge in [0.1, 0.15) is 0 Å². The topological polar surface area (TPSA) is 75.4 Å². The van der Waals surface area contributed by atoms with Gasteiger partial charge in [-0.1, -0.05) is 26.7 Å². The molecule has 3 N–H and O–H groups in total. The number of anilines is 1. The summed E-state index contributed by atoms with van der Waals surface area (Å²) in [5.74, 6) is -1.23. The van der Waals surface area contributed by atoms with Gasteiger partial charge in [0.2, 0.25) is 11.8 Å². The fourth-order valence-corrected chi connectivity index (χ4v) is 4.40. The lowest BCUT2D eigenvalue weighted by molar-refractivity contribution is -0.143. The molecule has 5 nitrogen and oxygen atoms in total. The Morgan fingerprint density at radius 1 is 0.971 bits per heavy atom. The normalized spacial score (nSPS) is 23.2. The molecule has 2 aliphatic rings. The number of hydrogen-bond acceptors (Lipinski definition) is 3. The number of likely N-dealkylation sites (tertiary alicyclic amines) is 1. The second-order valence-electron chi connectivity index (χ2n) is 8.54. The van der Waals surface area contributed by atoms with Crippen LogP contribution in [0.25, 0.3) is 0 Å². The Morgan fingerprint density at radius 2 is 1.53 bits per heavy atom. The van der Waals surface area contributed by atoms with Crippen LogP contribution in [0.5, 0.6) is 0 Å². The molecule has 1 aromatic rings. The van der Waals surface area contributed by atoms with Crippen molar-refractivity contribution in [2.45, 2.75) is 70.8 Å². The van der Waals surface area contributed by atoms with E-state index >= 15 is 0 Å². The molecule has 34 heavy (non-hydrogen) atoms. The zero-order valence-corrected chi connectivity index (χ0v) is 19.2. The second-order valence-corrected chi connectivity index (χ2v) is 8.54. The van der Waals surface area contributed by atoms with E-state index in [4.69, 9.17) is 5.73 Å². The third-order valence-corrected chi connectivity index (χ3v) is 6.08. The molecule has 192 valence electrons. The van der Waals surface area contributed by atoms with Gasteiger partial charge in [0.05, 0.1) is 17.0 Å². The van der Waals surface area contributed by atoms with E-state index in [1.165, 1.54) is 0 Å². The van der Waals surface area contributed by atoms with Gasteiger partial charge < -0.3 is 16.0 Å². The van der Waals surface area contributed by atoms with Crippen molar-refractivity contribution in [1.29, 1.82) is 0 Å². The minimum atomic E-state index is -4.99. The van der Waals surface area contributed by atoms with E-state index in [-0.39, 0.29) is 36.3 Å². The highest BCUT2D eigenvalue weighted by Gasteiger charge is 2.38. The third kappa shape index (κ3) is 7.35. The number of nitrogens with zero attached hydrogens (tertiary/aromatic N) is 1. The van der Waals surface area contributed by atoms with Gasteiger partial charge in [-0.15, -0.1) is 0 Å². The van der Waals surface area contributed by atoms with E-state index in [2.05, 4.69) is 5.32 Å². The first-order valence-electron chi connectivity index (χ1n) is 11.5. The molecule has 3 atom stereocenters. The highest BCUT2D eigenvalue weighted by Crippen LogP contribution is 2.37. The quantitative estimate of drug-likeness (QED) is 0.546. The molecule has 1 saturated heterocycles. The van der Waals surface area contributed by atoms with Gasteiger partial charge in [0.15, 0.2) is 0 Å². The molecular formula is C23H31F6N3O2. The standard InChI is InChI=1S/C21H25F6N3O2.C2H6/c22-20(23,24)13-8-14(21(25,26)27)10-15(9-13)29-18(31)7-12-5-6-30(11-12)19(32)16-3-1-2-4-17(16)28;1-2/h8-10,12,16-17H,1-7,11,28H2,(H,29,31);1-2H3/t12?,16-,17-;/m0./s1. The number of nitrogens with one attached hydrogen (secondary N) is 1. The number of amides is 2. The first-order valence-corrected chi connectivity index (χ1v) is 11.5. The fourth-order valence-electron chi connectivity index (χ4n) is 4.40. The van der Waals surface area contributed by atoms with Crippen molar-refractivity contribution in [1.82, 2.24) is 4.90 Å². The van der Waals surface area contributed by atoms with Gasteiger partial charge in [0, 0.05) is 31.2 Å². The molecule has 0 aromatic heterocycles. The van der Waals surface area contributed by atoms with Crippen LogP contribution >= 0.6 is 0 Å². The second kappa shape index (κ2) is 11.4. The molecule has 2 fully saturated rings. The predicted octanol–water partition coefficient (Wildman–Crippen LogP) is 5.45. The summed E-state index contributed by atoms with van der Waals surface area (Å²) in [4.78, 5) is 26.7. The Hall–Kier alpha value is -2.30. The minimum Gasteiger partial charge on any atom is -0.342 e. The lowest BCUT2D eigenvalue weighted by Gasteiger charge is -2.31. The number of alkyl halides is 6. The maximum absolute atomic E-state index is 13.0. The monoisotopic (exact) mass is 495 g/mol. The van der Waals surface area contributed by atoms with Crippen LogP contribution in [0.3, 0.4) is 0 Å². The summed E-state index contributed by atoms with van der Waals surface area (Å²) in [6.07, 6.45) is -6.15. The number of benzene rings is 1. The molecule has 2 amide bonds. The van der Waals surface area contributed by atoms with E-state index in [1.807, 2.05) is 13.8 Å². The van der Waals surface area contributed by atoms with Crippen molar-refractivity contribution < 1.29 is 35.9 Å². The van der Waals surface area contributed by atoms with Crippen molar-refractivity contribution in [3.63, 3.8) is 0 Å². The first kappa shape index (κ1) is 27.9. The van der Waals surface area contributed by atoms with Gasteiger partial charge in [-0.25, -0.2) is 0 Å². The van der Waals surface area contributed by atoms with E-state index in [9.17, 15) is 35.9 Å². The Morgan fingerprint density at radius 3 is 2.06 bits per heavy atom. The molecule has 0 bridgehead atoms. The molecule has 1 aromatic carbocycles. The summed E-state index contributed by atoms with van der Waals surface area (Å²) in [7, 11) is 0. The lowest BCUT2D eigenvalue weighted by Crippen LogP contribution is -2.45. The van der Waals surface area contributed by atoms with Gasteiger partial charge in [-0.3, -0.25) is 9.59 Å². The molecule has 1 heterocycles. The number of rotatable bonds is 4. The molecular weight excluding hydrogens is 464 g/mol. The number of carbonyl (C=O) groups is 2. The van der Waals surface area contributed by atoms with Crippen LogP contribution in [0.1, 0.15) is 63.5 Å². The maximum atomic E-state index is 13.0. The van der Waals surface area contributed by atoms with Gasteiger partial charge >= 0.3 is 12.4 Å². The number of carbonyl (C=O) groups excluding carboxylic acids is 2. The summed E-state index contributed by atoms with van der Waals surface area (Å²) < 4.78 is 77.8. The van der Waals surface area contributed by atoms with Crippen LogP contribution < -0.4 is 11.1 Å². The van der Waals surface area contributed by atoms with Gasteiger partial charge in [0.25, 0.3) is 0 Å². The summed E-state index contributed by atoms with van der Waals surface area (Å²) in [6, 6.07) is 0.762. The molecule has 11 heteroatoms. The Bertz CT molecular complexity index is 824. The van der Waals surface area contributed by atoms with Crippen LogP contribution in [-0.2, 0) is 21.9 Å². The van der Waals surface area contributed by atoms with Crippen molar-refractivity contribution in [3.8, 4) is 0 Å². The average Bonchev–Trinajstić information content (AvgIpc) is 3.22. The van der Waals surface area contributed by atoms with Gasteiger partial charge in [-0.2, -0.15) is 26.3 Å².